The summed E-state index contributed by atoms with van der Waals surface area (Å²) in [5.74, 6) is -0.279. The first-order chi connectivity index (χ1) is 30.5. The van der Waals surface area contributed by atoms with E-state index in [4.69, 9.17) is 19.3 Å². The van der Waals surface area contributed by atoms with Crippen molar-refractivity contribution < 1.29 is 52.0 Å². The van der Waals surface area contributed by atoms with Crippen molar-refractivity contribution in [1.29, 1.82) is 0 Å². The Balaban J connectivity index is 0.000000204. The first kappa shape index (κ1) is 47.5. The molecule has 2 atom stereocenters. The molecule has 4 heterocycles. The number of carboxylic acid groups (broad SMARTS) is 1. The van der Waals surface area contributed by atoms with Gasteiger partial charge in [-0.2, -0.15) is 0 Å². The Morgan fingerprint density at radius 1 is 0.609 bits per heavy atom. The van der Waals surface area contributed by atoms with Gasteiger partial charge in [0.15, 0.2) is 0 Å². The van der Waals surface area contributed by atoms with E-state index >= 15 is 0 Å². The van der Waals surface area contributed by atoms with E-state index in [1.165, 1.54) is 49.5 Å². The molecule has 6 aromatic rings. The van der Waals surface area contributed by atoms with Crippen LogP contribution in [0.15, 0.2) is 133 Å². The SMILES string of the molecule is C.COC(=O)[C@@H]1CCCN1.COC(=O)[C@@H]1CCCN1C(=O)c1cccc(-c2ccc(Oc3ccc(F)cc3)cc2)n1.O=C(O)c1cccc(-c2ccc(Oc3ccc(F)cc3)cc2)n1. The first-order valence-corrected chi connectivity index (χ1v) is 20.0. The van der Waals surface area contributed by atoms with Crippen molar-refractivity contribution >= 4 is 23.8 Å². The van der Waals surface area contributed by atoms with Crippen molar-refractivity contribution in [3.63, 3.8) is 0 Å². The molecule has 0 bridgehead atoms. The zero-order valence-electron chi connectivity index (χ0n) is 34.4. The topological polar surface area (TPSA) is 166 Å². The number of amides is 1. The molecule has 2 saturated heterocycles. The lowest BCUT2D eigenvalue weighted by Gasteiger charge is -2.22. The van der Waals surface area contributed by atoms with E-state index < -0.39 is 18.0 Å². The van der Waals surface area contributed by atoms with Gasteiger partial charge in [-0.3, -0.25) is 9.59 Å². The fourth-order valence-electron chi connectivity index (χ4n) is 6.66. The molecule has 2 N–H and O–H groups in total. The number of esters is 2. The number of carboxylic acids is 1. The Kier molecular flexibility index (Phi) is 17.1. The summed E-state index contributed by atoms with van der Waals surface area (Å²) in [5, 5.41) is 12.0. The highest BCUT2D eigenvalue weighted by atomic mass is 19.1. The minimum absolute atomic E-state index is 0. The van der Waals surface area contributed by atoms with Crippen LogP contribution in [-0.2, 0) is 19.1 Å². The van der Waals surface area contributed by atoms with Crippen LogP contribution >= 0.6 is 0 Å². The lowest BCUT2D eigenvalue weighted by atomic mass is 10.1. The predicted molar refractivity (Wildman–Crippen MR) is 235 cm³/mol. The lowest BCUT2D eigenvalue weighted by Crippen LogP contribution is -2.41. The van der Waals surface area contributed by atoms with Crippen LogP contribution in [0, 0.1) is 11.6 Å². The van der Waals surface area contributed by atoms with E-state index in [1.807, 2.05) is 18.2 Å². The summed E-state index contributed by atoms with van der Waals surface area (Å²) < 4.78 is 46.5. The van der Waals surface area contributed by atoms with E-state index in [0.29, 0.717) is 47.4 Å². The number of halogens is 2. The molecule has 2 aliphatic heterocycles. The number of aromatic carboxylic acids is 1. The molecular weight excluding hydrogens is 827 g/mol. The Hall–Kier alpha value is -7.52. The molecule has 2 aliphatic rings. The predicted octanol–water partition coefficient (Wildman–Crippen LogP) is 9.38. The standard InChI is InChI=1S/C24H21FN2O4.C18H12FNO3.C6H11NO2.CH4/c1-30-24(29)22-6-3-15-27(22)23(28)21-5-2-4-20(26-21)16-7-11-18(12-8-16)31-19-13-9-17(25)10-14-19;19-13-6-10-15(11-7-13)23-14-8-4-12(5-9-14)16-2-1-3-17(20-16)18(21)22;1-9-6(8)5-3-2-4-7-5;/h2,4-5,7-14,22H,3,6,15H2,1H3;1-11H,(H,21,22);5,7H,2-4H2,1H3;1H4/t22-;;5-;/m0.0./s1. The van der Waals surface area contributed by atoms with Gasteiger partial charge < -0.3 is 34.3 Å². The van der Waals surface area contributed by atoms with Crippen LogP contribution in [0.25, 0.3) is 22.5 Å². The van der Waals surface area contributed by atoms with Crippen molar-refractivity contribution in [3.8, 4) is 45.5 Å². The van der Waals surface area contributed by atoms with Crippen LogP contribution in [0.2, 0.25) is 0 Å². The largest absolute Gasteiger partial charge is 0.477 e. The van der Waals surface area contributed by atoms with E-state index in [1.54, 1.807) is 84.9 Å². The van der Waals surface area contributed by atoms with Gasteiger partial charge in [0.1, 0.15) is 58.1 Å². The number of pyridine rings is 2. The van der Waals surface area contributed by atoms with Gasteiger partial charge in [-0.1, -0.05) is 19.6 Å². The van der Waals surface area contributed by atoms with Gasteiger partial charge in [0.25, 0.3) is 5.91 Å². The maximum absolute atomic E-state index is 13.0. The molecule has 0 spiro atoms. The summed E-state index contributed by atoms with van der Waals surface area (Å²) in [6.45, 7) is 1.44. The van der Waals surface area contributed by atoms with Crippen LogP contribution in [0.5, 0.6) is 23.0 Å². The molecule has 2 aromatic heterocycles. The Labute approximate surface area is 369 Å². The number of hydrogen-bond acceptors (Lipinski definition) is 11. The summed E-state index contributed by atoms with van der Waals surface area (Å²) in [6.07, 6.45) is 3.35. The second kappa shape index (κ2) is 23.1. The summed E-state index contributed by atoms with van der Waals surface area (Å²) in [7, 11) is 2.74. The fraction of sp³-hybridized carbons (Fsp3) is 0.224. The molecule has 0 radical (unpaired) electrons. The molecule has 1 amide bonds. The first-order valence-electron chi connectivity index (χ1n) is 20.0. The fourth-order valence-corrected chi connectivity index (χ4v) is 6.66. The Morgan fingerprint density at radius 2 is 1.06 bits per heavy atom. The van der Waals surface area contributed by atoms with Crippen LogP contribution in [0.1, 0.15) is 54.1 Å². The number of methoxy groups -OCH3 is 2. The van der Waals surface area contributed by atoms with Gasteiger partial charge in [-0.25, -0.2) is 28.3 Å². The second-order valence-electron chi connectivity index (χ2n) is 14.1. The molecule has 2 fully saturated rings. The van der Waals surface area contributed by atoms with Gasteiger partial charge in [0, 0.05) is 17.7 Å². The van der Waals surface area contributed by atoms with Gasteiger partial charge in [-0.05, 0) is 154 Å². The summed E-state index contributed by atoms with van der Waals surface area (Å²) >= 11 is 0. The number of aromatic nitrogens is 2. The van der Waals surface area contributed by atoms with Gasteiger partial charge in [0.2, 0.25) is 0 Å². The Bertz CT molecular complexity index is 2480. The number of nitrogens with one attached hydrogen (secondary N) is 1. The van der Waals surface area contributed by atoms with Crippen molar-refractivity contribution in [2.24, 2.45) is 0 Å². The highest BCUT2D eigenvalue weighted by Gasteiger charge is 2.35. The summed E-state index contributed by atoms with van der Waals surface area (Å²) in [5.41, 5.74) is 3.06. The second-order valence-corrected chi connectivity index (χ2v) is 14.1. The smallest absolute Gasteiger partial charge is 0.354 e. The van der Waals surface area contributed by atoms with E-state index in [2.05, 4.69) is 20.0 Å². The van der Waals surface area contributed by atoms with Crippen LogP contribution in [0.4, 0.5) is 8.78 Å². The average Bonchev–Trinajstić information content (AvgIpc) is 4.05. The molecule has 0 aliphatic carbocycles. The zero-order valence-corrected chi connectivity index (χ0v) is 34.4. The van der Waals surface area contributed by atoms with E-state index in [9.17, 15) is 28.0 Å². The number of ether oxygens (including phenoxy) is 4. The van der Waals surface area contributed by atoms with E-state index in [-0.39, 0.29) is 48.4 Å². The van der Waals surface area contributed by atoms with Crippen molar-refractivity contribution in [3.05, 3.63) is 156 Å². The van der Waals surface area contributed by atoms with Gasteiger partial charge in [-0.15, -0.1) is 0 Å². The third-order valence-electron chi connectivity index (χ3n) is 9.87. The molecule has 64 heavy (non-hydrogen) atoms. The summed E-state index contributed by atoms with van der Waals surface area (Å²) in [6, 6.07) is 35.3. The third-order valence-corrected chi connectivity index (χ3v) is 9.87. The van der Waals surface area contributed by atoms with Crippen LogP contribution < -0.4 is 14.8 Å². The van der Waals surface area contributed by atoms with Crippen molar-refractivity contribution in [1.82, 2.24) is 20.2 Å². The van der Waals surface area contributed by atoms with E-state index in [0.717, 1.165) is 36.9 Å². The molecule has 15 heteroatoms. The van der Waals surface area contributed by atoms with Gasteiger partial charge >= 0.3 is 17.9 Å². The summed E-state index contributed by atoms with van der Waals surface area (Å²) in [4.78, 5) is 56.7. The highest BCUT2D eigenvalue weighted by Crippen LogP contribution is 2.28. The maximum atomic E-state index is 13.0. The molecule has 4 aromatic carbocycles. The highest BCUT2D eigenvalue weighted by molar-refractivity contribution is 5.96. The van der Waals surface area contributed by atoms with Gasteiger partial charge in [0.05, 0.1) is 25.6 Å². The molecule has 8 rings (SSSR count). The van der Waals surface area contributed by atoms with Crippen LogP contribution in [0.3, 0.4) is 0 Å². The number of benzene rings is 4. The number of likely N-dealkylation sites (tertiary alicyclic amines) is 1. The zero-order chi connectivity index (χ0) is 44.7. The maximum Gasteiger partial charge on any atom is 0.354 e. The van der Waals surface area contributed by atoms with Crippen molar-refractivity contribution in [2.45, 2.75) is 45.2 Å². The minimum atomic E-state index is -1.07. The monoisotopic (exact) mass is 874 g/mol. The molecule has 332 valence electrons. The quantitative estimate of drug-likeness (QED) is 0.125. The number of nitrogens with zero attached hydrogens (tertiary/aromatic N) is 3. The van der Waals surface area contributed by atoms with Crippen molar-refractivity contribution in [2.75, 3.05) is 27.3 Å². The number of carbonyl (C=O) groups excluding carboxylic acids is 3. The Morgan fingerprint density at radius 3 is 1.50 bits per heavy atom. The number of carbonyl (C=O) groups is 4. The molecular formula is C49H48F2N4O9. The lowest BCUT2D eigenvalue weighted by molar-refractivity contribution is -0.145. The molecule has 0 saturated carbocycles. The average molecular weight is 875 g/mol. The van der Waals surface area contributed by atoms with Crippen LogP contribution in [-0.4, -0.2) is 83.2 Å². The number of hydrogen-bond donors (Lipinski definition) is 2. The third kappa shape index (κ3) is 13.0. The minimum Gasteiger partial charge on any atom is -0.477 e. The molecule has 13 nitrogen and oxygen atoms in total. The molecule has 0 unspecified atom stereocenters. The number of rotatable bonds is 10. The normalized spacial score (nSPS) is 14.9.